The normalized spacial score (nSPS) is 11.8. The Kier molecular flexibility index (Phi) is 9.98. The van der Waals surface area contributed by atoms with Gasteiger partial charge in [-0.15, -0.1) is 0 Å². The highest BCUT2D eigenvalue weighted by molar-refractivity contribution is 6.28. The summed E-state index contributed by atoms with van der Waals surface area (Å²) < 4.78 is 4.81. The molecule has 2 aromatic heterocycles. The molecule has 16 rings (SSSR count). The number of aromatic nitrogens is 2. The predicted molar refractivity (Wildman–Crippen MR) is 332 cm³/mol. The zero-order valence-electron chi connectivity index (χ0n) is 42.6. The highest BCUT2D eigenvalue weighted by Crippen LogP contribution is 2.50. The summed E-state index contributed by atoms with van der Waals surface area (Å²) in [7, 11) is 0. The Balaban J connectivity index is 1.04. The third kappa shape index (κ3) is 6.77. The van der Waals surface area contributed by atoms with Crippen LogP contribution in [0.3, 0.4) is 0 Å². The van der Waals surface area contributed by atoms with Crippen LogP contribution in [0.2, 0.25) is 0 Å². The minimum Gasteiger partial charge on any atom is -0.309 e. The van der Waals surface area contributed by atoms with Crippen molar-refractivity contribution in [1.82, 2.24) is 9.13 Å². The number of fused-ring (bicyclic) bond motifs is 10. The minimum absolute atomic E-state index is 1.15. The SMILES string of the molecule is c1ccc(-c2cccc3c(-c4c5cccc(-c6ccc7c(c6)c6ccccc6n7-c6ccccc6)c5cc5c(-c6ccc7c(c6)c6ccccc6n7-c6ccccc6)cccc45)c4cccc(-c5ccccc5)c4cc23)cc1. The van der Waals surface area contributed by atoms with Crippen LogP contribution < -0.4 is 0 Å². The number of rotatable bonds is 7. The summed E-state index contributed by atoms with van der Waals surface area (Å²) in [5.74, 6) is 0. The second-order valence-electron chi connectivity index (χ2n) is 20.7. The molecule has 16 aromatic rings. The van der Waals surface area contributed by atoms with Gasteiger partial charge in [-0.05, 0) is 172 Å². The Morgan fingerprint density at radius 2 is 0.462 bits per heavy atom. The molecule has 2 heterocycles. The van der Waals surface area contributed by atoms with Gasteiger partial charge in [-0.25, -0.2) is 0 Å². The maximum absolute atomic E-state index is 2.51. The van der Waals surface area contributed by atoms with Crippen LogP contribution in [0, 0.1) is 0 Å². The first kappa shape index (κ1) is 44.1. The summed E-state index contributed by atoms with van der Waals surface area (Å²) in [4.78, 5) is 0. The van der Waals surface area contributed by atoms with Gasteiger partial charge in [0.15, 0.2) is 0 Å². The molecule has 78 heavy (non-hydrogen) atoms. The molecule has 14 aromatic carbocycles. The topological polar surface area (TPSA) is 9.86 Å². The number of hydrogen-bond acceptors (Lipinski definition) is 0. The lowest BCUT2D eigenvalue weighted by Crippen LogP contribution is -1.95. The van der Waals surface area contributed by atoms with Crippen molar-refractivity contribution in [3.05, 3.63) is 291 Å². The Morgan fingerprint density at radius 1 is 0.167 bits per heavy atom. The third-order valence-corrected chi connectivity index (χ3v) is 16.5. The Morgan fingerprint density at radius 3 is 0.833 bits per heavy atom. The van der Waals surface area contributed by atoms with Crippen molar-refractivity contribution in [2.45, 2.75) is 0 Å². The number of hydrogen-bond donors (Lipinski definition) is 0. The van der Waals surface area contributed by atoms with Gasteiger partial charge in [0.2, 0.25) is 0 Å². The fourth-order valence-corrected chi connectivity index (χ4v) is 13.1. The molecule has 2 nitrogen and oxygen atoms in total. The smallest absolute Gasteiger partial charge is 0.0541 e. The van der Waals surface area contributed by atoms with Crippen LogP contribution in [0.5, 0.6) is 0 Å². The maximum atomic E-state index is 2.51. The molecule has 0 amide bonds. The van der Waals surface area contributed by atoms with Gasteiger partial charge in [-0.1, -0.05) is 218 Å². The molecule has 0 N–H and O–H groups in total. The fraction of sp³-hybridized carbons (Fsp3) is 0. The zero-order valence-corrected chi connectivity index (χ0v) is 42.6. The molecule has 0 aliphatic carbocycles. The van der Waals surface area contributed by atoms with Crippen LogP contribution in [0.25, 0.3) is 154 Å². The molecule has 0 atom stereocenters. The van der Waals surface area contributed by atoms with Crippen LogP contribution in [0.15, 0.2) is 291 Å². The average Bonchev–Trinajstić information content (AvgIpc) is 4.15. The first-order valence-electron chi connectivity index (χ1n) is 27.0. The third-order valence-electron chi connectivity index (χ3n) is 16.5. The summed E-state index contributed by atoms with van der Waals surface area (Å²) in [6.45, 7) is 0. The maximum Gasteiger partial charge on any atom is 0.0541 e. The molecule has 0 saturated carbocycles. The van der Waals surface area contributed by atoms with E-state index in [2.05, 4.69) is 300 Å². The van der Waals surface area contributed by atoms with Gasteiger partial charge >= 0.3 is 0 Å². The molecule has 0 bridgehead atoms. The van der Waals surface area contributed by atoms with Gasteiger partial charge in [-0.2, -0.15) is 0 Å². The average molecular weight is 989 g/mol. The van der Waals surface area contributed by atoms with Crippen molar-refractivity contribution < 1.29 is 0 Å². The van der Waals surface area contributed by atoms with Crippen molar-refractivity contribution in [1.29, 1.82) is 0 Å². The molecule has 2 heteroatoms. The van der Waals surface area contributed by atoms with E-state index in [1.165, 1.54) is 142 Å². The van der Waals surface area contributed by atoms with E-state index in [1.807, 2.05) is 0 Å². The van der Waals surface area contributed by atoms with Crippen molar-refractivity contribution in [2.24, 2.45) is 0 Å². The standard InChI is InChI=1S/C76H48N2/c1-5-21-49(22-6-1)55-31-17-35-61-65(55)47-66-56(50-23-7-2-8-24-50)32-18-36-62(66)75(61)76-63-37-19-33-57(51-41-43-73-69(45-51)59-29-13-15-39-71(59)77(73)53-25-9-3-10-26-53)67(63)48-68-58(34-20-38-64(68)76)52-42-44-74-70(46-52)60-30-14-16-40-72(60)78(74)54-27-11-4-12-28-54/h1-48H. The molecule has 362 valence electrons. The second-order valence-corrected chi connectivity index (χ2v) is 20.7. The van der Waals surface area contributed by atoms with Crippen LogP contribution in [0.1, 0.15) is 0 Å². The molecule has 0 unspecified atom stereocenters. The molecule has 0 spiro atoms. The molecular weight excluding hydrogens is 941 g/mol. The first-order chi connectivity index (χ1) is 38.7. The summed E-state index contributed by atoms with van der Waals surface area (Å²) in [5, 5.41) is 14.7. The van der Waals surface area contributed by atoms with Crippen LogP contribution >= 0.6 is 0 Å². The number of benzene rings is 14. The van der Waals surface area contributed by atoms with Crippen molar-refractivity contribution in [3.8, 4) is 67.0 Å². The van der Waals surface area contributed by atoms with Gasteiger partial charge in [0.1, 0.15) is 0 Å². The fourth-order valence-electron chi connectivity index (χ4n) is 13.1. The van der Waals surface area contributed by atoms with Gasteiger partial charge in [0, 0.05) is 32.9 Å². The number of para-hydroxylation sites is 4. The lowest BCUT2D eigenvalue weighted by molar-refractivity contribution is 1.18. The molecule has 0 saturated heterocycles. The van der Waals surface area contributed by atoms with E-state index in [9.17, 15) is 0 Å². The summed E-state index contributed by atoms with van der Waals surface area (Å²) >= 11 is 0. The van der Waals surface area contributed by atoms with Crippen LogP contribution in [-0.4, -0.2) is 9.13 Å². The molecule has 0 fully saturated rings. The van der Waals surface area contributed by atoms with E-state index in [4.69, 9.17) is 0 Å². The van der Waals surface area contributed by atoms with Gasteiger partial charge < -0.3 is 9.13 Å². The van der Waals surface area contributed by atoms with E-state index in [0.717, 1.165) is 11.4 Å². The van der Waals surface area contributed by atoms with Crippen molar-refractivity contribution >= 4 is 86.7 Å². The predicted octanol–water partition coefficient (Wildman–Crippen LogP) is 20.8. The second kappa shape index (κ2) is 17.7. The first-order valence-corrected chi connectivity index (χ1v) is 27.0. The Labute approximate surface area is 451 Å². The lowest BCUT2D eigenvalue weighted by Gasteiger charge is -2.22. The monoisotopic (exact) mass is 988 g/mol. The molecule has 0 aliphatic rings. The van der Waals surface area contributed by atoms with Crippen molar-refractivity contribution in [3.63, 3.8) is 0 Å². The van der Waals surface area contributed by atoms with E-state index < -0.39 is 0 Å². The van der Waals surface area contributed by atoms with Crippen molar-refractivity contribution in [2.75, 3.05) is 0 Å². The highest BCUT2D eigenvalue weighted by atomic mass is 15.0. The minimum atomic E-state index is 1.15. The Hall–Kier alpha value is -10.3. The summed E-state index contributed by atoms with van der Waals surface area (Å²) in [6, 6.07) is 108. The van der Waals surface area contributed by atoms with Gasteiger partial charge in [0.05, 0.1) is 22.1 Å². The molecular formula is C76H48N2. The van der Waals surface area contributed by atoms with Gasteiger partial charge in [0.25, 0.3) is 0 Å². The van der Waals surface area contributed by atoms with Gasteiger partial charge in [-0.3, -0.25) is 0 Å². The van der Waals surface area contributed by atoms with Crippen LogP contribution in [-0.2, 0) is 0 Å². The summed E-state index contributed by atoms with van der Waals surface area (Å²) in [6.07, 6.45) is 0. The Bertz CT molecular complexity index is 4740. The quantitative estimate of drug-likeness (QED) is 0.141. The summed E-state index contributed by atoms with van der Waals surface area (Å²) in [5.41, 5.74) is 19.2. The van der Waals surface area contributed by atoms with E-state index in [0.29, 0.717) is 0 Å². The van der Waals surface area contributed by atoms with E-state index >= 15 is 0 Å². The van der Waals surface area contributed by atoms with E-state index in [-0.39, 0.29) is 0 Å². The number of nitrogens with zero attached hydrogens (tertiary/aromatic N) is 2. The highest BCUT2D eigenvalue weighted by Gasteiger charge is 2.23. The van der Waals surface area contributed by atoms with Crippen LogP contribution in [0.4, 0.5) is 0 Å². The molecule has 0 aliphatic heterocycles. The van der Waals surface area contributed by atoms with E-state index in [1.54, 1.807) is 0 Å². The largest absolute Gasteiger partial charge is 0.309 e. The molecule has 0 radical (unpaired) electrons. The zero-order chi connectivity index (χ0) is 51.3. The lowest BCUT2D eigenvalue weighted by atomic mass is 9.81.